The molecule has 4 nitrogen and oxygen atoms in total. The number of benzene rings is 1. The van der Waals surface area contributed by atoms with Crippen molar-refractivity contribution >= 4 is 17.5 Å². The second kappa shape index (κ2) is 5.96. The van der Waals surface area contributed by atoms with Crippen molar-refractivity contribution in [2.75, 3.05) is 19.0 Å². The summed E-state index contributed by atoms with van der Waals surface area (Å²) in [5.41, 5.74) is 0. The molecule has 2 unspecified atom stereocenters. The van der Waals surface area contributed by atoms with Crippen LogP contribution < -0.4 is 14.8 Å². The van der Waals surface area contributed by atoms with Crippen LogP contribution in [0.3, 0.4) is 0 Å². The minimum Gasteiger partial charge on any atom is -0.485 e. The van der Waals surface area contributed by atoms with Crippen LogP contribution in [0.25, 0.3) is 0 Å². The lowest BCUT2D eigenvalue weighted by Gasteiger charge is -2.25. The predicted molar refractivity (Wildman–Crippen MR) is 69.2 cm³/mol. The van der Waals surface area contributed by atoms with E-state index in [4.69, 9.17) is 21.1 Å². The molecular weight excluding hydrogens is 254 g/mol. The van der Waals surface area contributed by atoms with Crippen LogP contribution in [0.15, 0.2) is 24.3 Å². The highest BCUT2D eigenvalue weighted by atomic mass is 35.5. The van der Waals surface area contributed by atoms with E-state index in [9.17, 15) is 4.79 Å². The summed E-state index contributed by atoms with van der Waals surface area (Å²) in [6.45, 7) is 2.75. The fourth-order valence-corrected chi connectivity index (χ4v) is 1.70. The number of alkyl halides is 1. The zero-order valence-corrected chi connectivity index (χ0v) is 10.9. The van der Waals surface area contributed by atoms with Crippen LogP contribution >= 0.6 is 11.6 Å². The summed E-state index contributed by atoms with van der Waals surface area (Å²) in [5.74, 6) is 1.88. The number of hydrogen-bond acceptors (Lipinski definition) is 3. The van der Waals surface area contributed by atoms with Crippen LogP contribution in [-0.4, -0.2) is 31.0 Å². The van der Waals surface area contributed by atoms with Gasteiger partial charge in [0.05, 0.1) is 0 Å². The van der Waals surface area contributed by atoms with Gasteiger partial charge in [0.15, 0.2) is 11.5 Å². The molecule has 1 aromatic rings. The van der Waals surface area contributed by atoms with Crippen molar-refractivity contribution in [3.63, 3.8) is 0 Å². The third-order valence-electron chi connectivity index (χ3n) is 2.69. The highest BCUT2D eigenvalue weighted by Gasteiger charge is 2.27. The largest absolute Gasteiger partial charge is 0.485 e. The normalized spacial score (nSPS) is 19.1. The quantitative estimate of drug-likeness (QED) is 0.848. The molecule has 0 spiro atoms. The topological polar surface area (TPSA) is 47.6 Å². The molecule has 0 bridgehead atoms. The SMILES string of the molecule is CC(CCl)CNC(=O)C1COc2ccccc2O1. The van der Waals surface area contributed by atoms with Crippen LogP contribution in [0, 0.1) is 5.92 Å². The van der Waals surface area contributed by atoms with Gasteiger partial charge in [-0.05, 0) is 18.1 Å². The minimum absolute atomic E-state index is 0.165. The number of ether oxygens (including phenoxy) is 2. The molecule has 1 amide bonds. The first kappa shape index (κ1) is 13.0. The first-order chi connectivity index (χ1) is 8.70. The molecule has 2 atom stereocenters. The van der Waals surface area contributed by atoms with Crippen LogP contribution in [0.5, 0.6) is 11.5 Å². The second-order valence-electron chi connectivity index (χ2n) is 4.37. The van der Waals surface area contributed by atoms with Gasteiger partial charge in [0.1, 0.15) is 6.61 Å². The molecule has 2 rings (SSSR count). The van der Waals surface area contributed by atoms with Gasteiger partial charge in [-0.2, -0.15) is 0 Å². The molecule has 0 saturated heterocycles. The lowest BCUT2D eigenvalue weighted by molar-refractivity contribution is -0.130. The summed E-state index contributed by atoms with van der Waals surface area (Å²) >= 11 is 5.68. The van der Waals surface area contributed by atoms with Gasteiger partial charge in [-0.25, -0.2) is 0 Å². The Morgan fingerprint density at radius 2 is 2.22 bits per heavy atom. The molecule has 0 radical (unpaired) electrons. The maximum atomic E-state index is 11.9. The Balaban J connectivity index is 1.90. The Kier molecular flexibility index (Phi) is 4.31. The average Bonchev–Trinajstić information content (AvgIpc) is 2.43. The van der Waals surface area contributed by atoms with Crippen molar-refractivity contribution in [2.24, 2.45) is 5.92 Å². The van der Waals surface area contributed by atoms with Gasteiger partial charge >= 0.3 is 0 Å². The van der Waals surface area contributed by atoms with E-state index in [1.54, 1.807) is 6.07 Å². The number of carbonyl (C=O) groups excluding carboxylic acids is 1. The molecule has 1 aliphatic rings. The molecule has 0 fully saturated rings. The molecule has 1 N–H and O–H groups in total. The summed E-state index contributed by atoms with van der Waals surface area (Å²) < 4.78 is 11.1. The van der Waals surface area contributed by atoms with Gasteiger partial charge < -0.3 is 14.8 Å². The van der Waals surface area contributed by atoms with Crippen molar-refractivity contribution in [1.82, 2.24) is 5.32 Å². The Morgan fingerprint density at radius 1 is 1.50 bits per heavy atom. The van der Waals surface area contributed by atoms with E-state index in [1.807, 2.05) is 25.1 Å². The van der Waals surface area contributed by atoms with E-state index in [0.29, 0.717) is 23.9 Å². The van der Waals surface area contributed by atoms with E-state index in [-0.39, 0.29) is 18.4 Å². The fourth-order valence-electron chi connectivity index (χ4n) is 1.59. The highest BCUT2D eigenvalue weighted by Crippen LogP contribution is 2.30. The van der Waals surface area contributed by atoms with Gasteiger partial charge in [0.25, 0.3) is 5.91 Å². The molecule has 0 aromatic heterocycles. The fraction of sp³-hybridized carbons (Fsp3) is 0.462. The predicted octanol–water partition coefficient (Wildman–Crippen LogP) is 1.82. The summed E-state index contributed by atoms with van der Waals surface area (Å²) in [5, 5.41) is 2.81. The van der Waals surface area contributed by atoms with E-state index in [1.165, 1.54) is 0 Å². The molecule has 18 heavy (non-hydrogen) atoms. The smallest absolute Gasteiger partial charge is 0.264 e. The van der Waals surface area contributed by atoms with E-state index < -0.39 is 6.10 Å². The minimum atomic E-state index is -0.595. The van der Waals surface area contributed by atoms with Crippen molar-refractivity contribution < 1.29 is 14.3 Å². The maximum Gasteiger partial charge on any atom is 0.264 e. The summed E-state index contributed by atoms with van der Waals surface area (Å²) in [7, 11) is 0. The van der Waals surface area contributed by atoms with Crippen molar-refractivity contribution in [3.05, 3.63) is 24.3 Å². The summed E-state index contributed by atoms with van der Waals surface area (Å²) in [6, 6.07) is 7.32. The molecule has 0 aliphatic carbocycles. The number of para-hydroxylation sites is 2. The van der Waals surface area contributed by atoms with Crippen LogP contribution in [0.1, 0.15) is 6.92 Å². The maximum absolute atomic E-state index is 11.9. The molecule has 5 heteroatoms. The van der Waals surface area contributed by atoms with Crippen molar-refractivity contribution in [2.45, 2.75) is 13.0 Å². The number of fused-ring (bicyclic) bond motifs is 1. The Hall–Kier alpha value is -1.42. The van der Waals surface area contributed by atoms with Crippen molar-refractivity contribution in [1.29, 1.82) is 0 Å². The van der Waals surface area contributed by atoms with E-state index in [0.717, 1.165) is 0 Å². The third kappa shape index (κ3) is 3.07. The number of nitrogens with one attached hydrogen (secondary N) is 1. The van der Waals surface area contributed by atoms with Gasteiger partial charge in [-0.15, -0.1) is 11.6 Å². The Bertz CT molecular complexity index is 424. The molecule has 0 saturated carbocycles. The van der Waals surface area contributed by atoms with Crippen LogP contribution in [-0.2, 0) is 4.79 Å². The van der Waals surface area contributed by atoms with Crippen LogP contribution in [0.4, 0.5) is 0 Å². The number of hydrogen-bond donors (Lipinski definition) is 1. The summed E-state index contributed by atoms with van der Waals surface area (Å²) in [6.07, 6.45) is -0.595. The molecular formula is C13H16ClNO3. The lowest BCUT2D eigenvalue weighted by Crippen LogP contribution is -2.45. The standard InChI is InChI=1S/C13H16ClNO3/c1-9(6-14)7-15-13(16)12-8-17-10-4-2-3-5-11(10)18-12/h2-5,9,12H,6-8H2,1H3,(H,15,16). The number of carbonyl (C=O) groups is 1. The highest BCUT2D eigenvalue weighted by molar-refractivity contribution is 6.18. The van der Waals surface area contributed by atoms with Gasteiger partial charge in [0.2, 0.25) is 6.10 Å². The van der Waals surface area contributed by atoms with E-state index in [2.05, 4.69) is 5.32 Å². The molecule has 1 aromatic carbocycles. The first-order valence-electron chi connectivity index (χ1n) is 5.93. The number of halogens is 1. The Morgan fingerprint density at radius 3 is 2.94 bits per heavy atom. The molecule has 98 valence electrons. The second-order valence-corrected chi connectivity index (χ2v) is 4.68. The zero-order chi connectivity index (χ0) is 13.0. The molecule has 1 heterocycles. The molecule has 1 aliphatic heterocycles. The summed E-state index contributed by atoms with van der Waals surface area (Å²) in [4.78, 5) is 11.9. The number of amides is 1. The van der Waals surface area contributed by atoms with Gasteiger partial charge in [-0.3, -0.25) is 4.79 Å². The first-order valence-corrected chi connectivity index (χ1v) is 6.46. The zero-order valence-electron chi connectivity index (χ0n) is 10.2. The van der Waals surface area contributed by atoms with Gasteiger partial charge in [0, 0.05) is 12.4 Å². The van der Waals surface area contributed by atoms with E-state index >= 15 is 0 Å². The third-order valence-corrected chi connectivity index (χ3v) is 3.22. The van der Waals surface area contributed by atoms with Crippen LogP contribution in [0.2, 0.25) is 0 Å². The van der Waals surface area contributed by atoms with Gasteiger partial charge in [-0.1, -0.05) is 19.1 Å². The average molecular weight is 270 g/mol. The van der Waals surface area contributed by atoms with Crippen molar-refractivity contribution in [3.8, 4) is 11.5 Å². The lowest BCUT2D eigenvalue weighted by atomic mass is 10.2. The monoisotopic (exact) mass is 269 g/mol. The Labute approximate surface area is 111 Å². The number of rotatable bonds is 4.